The van der Waals surface area contributed by atoms with Crippen molar-refractivity contribution in [2.75, 3.05) is 65.6 Å². The van der Waals surface area contributed by atoms with Crippen LogP contribution < -0.4 is 0 Å². The minimum absolute atomic E-state index is 0.112. The molecule has 2 fully saturated rings. The van der Waals surface area contributed by atoms with Crippen molar-refractivity contribution in [3.05, 3.63) is 21.9 Å². The molecule has 1 aromatic rings. The van der Waals surface area contributed by atoms with Crippen LogP contribution in [0.1, 0.15) is 29.8 Å². The summed E-state index contributed by atoms with van der Waals surface area (Å²) in [5, 5.41) is 2.14. The SMILES string of the molecule is CCC1c2ccsc2CCN1C(=O)CN1CCN(C(=O)N2CCOCC2)CC1. The second kappa shape index (κ2) is 8.80. The molecule has 28 heavy (non-hydrogen) atoms. The minimum atomic E-state index is 0.112. The summed E-state index contributed by atoms with van der Waals surface area (Å²) in [6.07, 6.45) is 1.92. The molecule has 3 aliphatic heterocycles. The topological polar surface area (TPSA) is 56.3 Å². The van der Waals surface area contributed by atoms with Gasteiger partial charge in [-0.1, -0.05) is 6.92 Å². The molecule has 2 saturated heterocycles. The summed E-state index contributed by atoms with van der Waals surface area (Å²) in [5.74, 6) is 0.219. The van der Waals surface area contributed by atoms with Crippen LogP contribution in [0.15, 0.2) is 11.4 Å². The molecular weight excluding hydrogens is 376 g/mol. The Morgan fingerprint density at radius 2 is 1.79 bits per heavy atom. The van der Waals surface area contributed by atoms with E-state index in [-0.39, 0.29) is 18.0 Å². The van der Waals surface area contributed by atoms with Crippen molar-refractivity contribution in [2.45, 2.75) is 25.8 Å². The zero-order valence-electron chi connectivity index (χ0n) is 16.6. The Balaban J connectivity index is 1.29. The summed E-state index contributed by atoms with van der Waals surface area (Å²) >= 11 is 1.81. The van der Waals surface area contributed by atoms with E-state index in [4.69, 9.17) is 4.74 Å². The Morgan fingerprint density at radius 1 is 1.07 bits per heavy atom. The van der Waals surface area contributed by atoms with Gasteiger partial charge in [0.05, 0.1) is 25.8 Å². The number of amides is 3. The number of carbonyl (C=O) groups excluding carboxylic acids is 2. The van der Waals surface area contributed by atoms with Gasteiger partial charge in [-0.3, -0.25) is 9.69 Å². The van der Waals surface area contributed by atoms with Gasteiger partial charge in [0.1, 0.15) is 0 Å². The maximum Gasteiger partial charge on any atom is 0.320 e. The standard InChI is InChI=1S/C20H30N4O3S/c1-2-17-16-4-14-28-18(16)3-5-24(17)19(25)15-21-6-8-22(9-7-21)20(26)23-10-12-27-13-11-23/h4,14,17H,2-3,5-13,15H2,1H3. The Bertz CT molecular complexity index is 695. The maximum atomic E-state index is 13.0. The molecule has 1 aromatic heterocycles. The first kappa shape index (κ1) is 19.7. The quantitative estimate of drug-likeness (QED) is 0.766. The second-order valence-electron chi connectivity index (χ2n) is 7.71. The van der Waals surface area contributed by atoms with Crippen LogP contribution in [0.2, 0.25) is 0 Å². The van der Waals surface area contributed by atoms with Crippen molar-refractivity contribution in [1.82, 2.24) is 19.6 Å². The fourth-order valence-corrected chi connectivity index (χ4v) is 5.40. The van der Waals surface area contributed by atoms with Gasteiger partial charge >= 0.3 is 6.03 Å². The van der Waals surface area contributed by atoms with Gasteiger partial charge in [-0.2, -0.15) is 0 Å². The van der Waals surface area contributed by atoms with E-state index >= 15 is 0 Å². The number of rotatable bonds is 3. The van der Waals surface area contributed by atoms with Gasteiger partial charge < -0.3 is 19.4 Å². The predicted molar refractivity (Wildman–Crippen MR) is 109 cm³/mol. The number of hydrogen-bond acceptors (Lipinski definition) is 5. The molecule has 8 heteroatoms. The van der Waals surface area contributed by atoms with Crippen molar-refractivity contribution in [1.29, 1.82) is 0 Å². The molecule has 1 atom stereocenters. The normalized spacial score (nSPS) is 23.6. The van der Waals surface area contributed by atoms with Crippen LogP contribution in [0, 0.1) is 0 Å². The summed E-state index contributed by atoms with van der Waals surface area (Å²) in [6, 6.07) is 2.51. The number of thiophene rings is 1. The molecule has 0 spiro atoms. The first-order valence-electron chi connectivity index (χ1n) is 10.4. The van der Waals surface area contributed by atoms with E-state index in [9.17, 15) is 9.59 Å². The molecule has 154 valence electrons. The summed E-state index contributed by atoms with van der Waals surface area (Å²) < 4.78 is 5.33. The van der Waals surface area contributed by atoms with Gasteiger partial charge in [0.25, 0.3) is 0 Å². The molecule has 0 N–H and O–H groups in total. The van der Waals surface area contributed by atoms with Gasteiger partial charge in [-0.15, -0.1) is 11.3 Å². The van der Waals surface area contributed by atoms with E-state index < -0.39 is 0 Å². The second-order valence-corrected chi connectivity index (χ2v) is 8.71. The fraction of sp³-hybridized carbons (Fsp3) is 0.700. The van der Waals surface area contributed by atoms with Crippen molar-refractivity contribution >= 4 is 23.3 Å². The smallest absolute Gasteiger partial charge is 0.320 e. The van der Waals surface area contributed by atoms with E-state index in [2.05, 4.69) is 28.2 Å². The lowest BCUT2D eigenvalue weighted by molar-refractivity contribution is -0.135. The third-order valence-corrected chi connectivity index (χ3v) is 7.08. The molecule has 0 bridgehead atoms. The molecule has 0 aromatic carbocycles. The molecular formula is C20H30N4O3S. The van der Waals surface area contributed by atoms with Crippen LogP contribution in [0.25, 0.3) is 0 Å². The average molecular weight is 407 g/mol. The van der Waals surface area contributed by atoms with E-state index in [1.807, 2.05) is 21.1 Å². The summed E-state index contributed by atoms with van der Waals surface area (Å²) in [6.45, 7) is 8.94. The van der Waals surface area contributed by atoms with Gasteiger partial charge in [0.15, 0.2) is 0 Å². The molecule has 4 heterocycles. The lowest BCUT2D eigenvalue weighted by atomic mass is 9.97. The Morgan fingerprint density at radius 3 is 2.50 bits per heavy atom. The largest absolute Gasteiger partial charge is 0.378 e. The number of nitrogens with zero attached hydrogens (tertiary/aromatic N) is 4. The summed E-state index contributed by atoms with van der Waals surface area (Å²) in [4.78, 5) is 35.1. The van der Waals surface area contributed by atoms with E-state index in [0.29, 0.717) is 45.9 Å². The highest BCUT2D eigenvalue weighted by molar-refractivity contribution is 7.10. The van der Waals surface area contributed by atoms with Crippen LogP contribution >= 0.6 is 11.3 Å². The highest BCUT2D eigenvalue weighted by atomic mass is 32.1. The van der Waals surface area contributed by atoms with E-state index in [1.54, 1.807) is 0 Å². The van der Waals surface area contributed by atoms with Crippen LogP contribution in [0.3, 0.4) is 0 Å². The number of fused-ring (bicyclic) bond motifs is 1. The van der Waals surface area contributed by atoms with Crippen LogP contribution in [-0.4, -0.2) is 97.1 Å². The number of ether oxygens (including phenoxy) is 1. The first-order valence-corrected chi connectivity index (χ1v) is 11.2. The molecule has 7 nitrogen and oxygen atoms in total. The molecule has 0 radical (unpaired) electrons. The molecule has 0 aliphatic carbocycles. The summed E-state index contributed by atoms with van der Waals surface area (Å²) in [5.41, 5.74) is 1.34. The lowest BCUT2D eigenvalue weighted by Gasteiger charge is -2.40. The zero-order chi connectivity index (χ0) is 19.5. The highest BCUT2D eigenvalue weighted by Gasteiger charge is 2.32. The van der Waals surface area contributed by atoms with E-state index in [0.717, 1.165) is 32.5 Å². The Hall–Kier alpha value is -1.64. The fourth-order valence-electron chi connectivity index (χ4n) is 4.47. The molecule has 0 saturated carbocycles. The van der Waals surface area contributed by atoms with Gasteiger partial charge in [0.2, 0.25) is 5.91 Å². The van der Waals surface area contributed by atoms with Crippen molar-refractivity contribution in [2.24, 2.45) is 0 Å². The lowest BCUT2D eigenvalue weighted by Crippen LogP contribution is -2.56. The van der Waals surface area contributed by atoms with Gasteiger partial charge in [0, 0.05) is 50.7 Å². The third kappa shape index (κ3) is 4.04. The van der Waals surface area contributed by atoms with Gasteiger partial charge in [-0.25, -0.2) is 4.79 Å². The van der Waals surface area contributed by atoms with Crippen molar-refractivity contribution in [3.8, 4) is 0 Å². The average Bonchev–Trinajstić information content (AvgIpc) is 3.22. The maximum absolute atomic E-state index is 13.0. The predicted octanol–water partition coefficient (Wildman–Crippen LogP) is 1.65. The van der Waals surface area contributed by atoms with Crippen LogP contribution in [-0.2, 0) is 16.0 Å². The Labute approximate surface area is 170 Å². The monoisotopic (exact) mass is 406 g/mol. The van der Waals surface area contributed by atoms with Crippen molar-refractivity contribution < 1.29 is 14.3 Å². The first-order chi connectivity index (χ1) is 13.7. The summed E-state index contributed by atoms with van der Waals surface area (Å²) in [7, 11) is 0. The Kier molecular flexibility index (Phi) is 6.18. The number of hydrogen-bond donors (Lipinski definition) is 0. The molecule has 3 amide bonds. The number of piperazine rings is 1. The molecule has 4 rings (SSSR count). The molecule has 3 aliphatic rings. The third-order valence-electron chi connectivity index (χ3n) is 6.09. The molecule has 1 unspecified atom stereocenters. The van der Waals surface area contributed by atoms with Gasteiger partial charge in [-0.05, 0) is 29.9 Å². The number of carbonyl (C=O) groups is 2. The number of morpholine rings is 1. The van der Waals surface area contributed by atoms with E-state index in [1.165, 1.54) is 10.4 Å². The number of urea groups is 1. The zero-order valence-corrected chi connectivity index (χ0v) is 17.5. The van der Waals surface area contributed by atoms with Crippen molar-refractivity contribution in [3.63, 3.8) is 0 Å². The highest BCUT2D eigenvalue weighted by Crippen LogP contribution is 2.35. The van der Waals surface area contributed by atoms with Crippen LogP contribution in [0.5, 0.6) is 0 Å². The van der Waals surface area contributed by atoms with Crippen LogP contribution in [0.4, 0.5) is 4.79 Å². The minimum Gasteiger partial charge on any atom is -0.378 e.